The zero-order valence-electron chi connectivity index (χ0n) is 15.4. The van der Waals surface area contributed by atoms with Gasteiger partial charge in [0.05, 0.1) is 14.2 Å². The summed E-state index contributed by atoms with van der Waals surface area (Å²) in [6, 6.07) is 11.5. The minimum absolute atomic E-state index is 0.226. The third-order valence-electron chi connectivity index (χ3n) is 4.38. The summed E-state index contributed by atoms with van der Waals surface area (Å²) in [5.41, 5.74) is 1.89. The normalized spacial score (nSPS) is 13.5. The van der Waals surface area contributed by atoms with E-state index in [1.807, 2.05) is 30.3 Å². The molecule has 1 atom stereocenters. The fourth-order valence-electron chi connectivity index (χ4n) is 3.07. The van der Waals surface area contributed by atoms with E-state index in [0.717, 1.165) is 27.9 Å². The lowest BCUT2D eigenvalue weighted by Crippen LogP contribution is -3.07. The fraction of sp³-hybridized carbons (Fsp3) is 0.263. The Balaban J connectivity index is 1.51. The van der Waals surface area contributed by atoms with E-state index in [-0.39, 0.29) is 6.79 Å². The number of nitrogens with zero attached hydrogens (tertiary/aromatic N) is 2. The first-order chi connectivity index (χ1) is 13.5. The van der Waals surface area contributed by atoms with Crippen molar-refractivity contribution in [2.24, 2.45) is 0 Å². The van der Waals surface area contributed by atoms with Gasteiger partial charge in [-0.2, -0.15) is 4.68 Å². The van der Waals surface area contributed by atoms with Crippen molar-refractivity contribution in [1.29, 1.82) is 0 Å². The zero-order valence-corrected chi connectivity index (χ0v) is 17.8. The van der Waals surface area contributed by atoms with Gasteiger partial charge in [-0.1, -0.05) is 15.9 Å². The lowest BCUT2D eigenvalue weighted by Gasteiger charge is -2.15. The Morgan fingerprint density at radius 3 is 2.86 bits per heavy atom. The van der Waals surface area contributed by atoms with Crippen LogP contribution in [-0.4, -0.2) is 30.7 Å². The number of halogens is 1. The molecule has 1 unspecified atom stereocenters. The van der Waals surface area contributed by atoms with Crippen molar-refractivity contribution in [1.82, 2.24) is 9.78 Å². The standard InChI is InChI=1S/C19H18BrN3O4S/c1-22(9-13-7-14(20)4-6-15(13)24-2)10-23-19(28)27-18(21-23)12-3-5-16-17(8-12)26-11-25-16/h3-8H,9-11H2,1-2H3/p+1. The maximum atomic E-state index is 5.70. The van der Waals surface area contributed by atoms with Gasteiger partial charge in [-0.3, -0.25) is 0 Å². The molecule has 1 aliphatic heterocycles. The summed E-state index contributed by atoms with van der Waals surface area (Å²) in [6.07, 6.45) is 0. The Morgan fingerprint density at radius 2 is 2.04 bits per heavy atom. The first-order valence-corrected chi connectivity index (χ1v) is 9.85. The van der Waals surface area contributed by atoms with Gasteiger partial charge >= 0.3 is 0 Å². The summed E-state index contributed by atoms with van der Waals surface area (Å²) in [5.74, 6) is 2.70. The molecule has 4 rings (SSSR count). The fourth-order valence-corrected chi connectivity index (χ4v) is 3.67. The molecule has 0 bridgehead atoms. The SMILES string of the molecule is COc1ccc(Br)cc1C[NH+](C)Cn1nc(-c2ccc3c(c2)OCO3)oc1=S. The number of rotatable bonds is 6. The molecule has 0 saturated carbocycles. The Labute approximate surface area is 175 Å². The molecule has 1 aromatic heterocycles. The van der Waals surface area contributed by atoms with E-state index in [4.69, 9.17) is 30.8 Å². The van der Waals surface area contributed by atoms with Crippen molar-refractivity contribution in [2.45, 2.75) is 13.2 Å². The molecule has 1 N–H and O–H groups in total. The van der Waals surface area contributed by atoms with Gasteiger partial charge in [0.1, 0.15) is 12.3 Å². The van der Waals surface area contributed by atoms with E-state index >= 15 is 0 Å². The molecule has 3 aromatic rings. The highest BCUT2D eigenvalue weighted by molar-refractivity contribution is 9.10. The average Bonchev–Trinajstić information content (AvgIpc) is 3.28. The summed E-state index contributed by atoms with van der Waals surface area (Å²) < 4.78 is 24.6. The second-order valence-electron chi connectivity index (χ2n) is 6.49. The summed E-state index contributed by atoms with van der Waals surface area (Å²) in [5, 5.41) is 4.54. The number of hydrogen-bond donors (Lipinski definition) is 1. The number of methoxy groups -OCH3 is 1. The number of ether oxygens (including phenoxy) is 3. The maximum absolute atomic E-state index is 5.70. The van der Waals surface area contributed by atoms with Crippen molar-refractivity contribution >= 4 is 28.1 Å². The molecule has 0 saturated heterocycles. The van der Waals surface area contributed by atoms with Gasteiger partial charge in [0, 0.05) is 15.6 Å². The van der Waals surface area contributed by atoms with E-state index in [9.17, 15) is 0 Å². The van der Waals surface area contributed by atoms with Gasteiger partial charge in [0.15, 0.2) is 18.2 Å². The van der Waals surface area contributed by atoms with Crippen molar-refractivity contribution in [3.8, 4) is 28.7 Å². The molecular formula is C19H19BrN3O4S+. The smallest absolute Gasteiger partial charge is 0.292 e. The number of quaternary nitrogens is 1. The minimum atomic E-state index is 0.226. The predicted octanol–water partition coefficient (Wildman–Crippen LogP) is 3.04. The van der Waals surface area contributed by atoms with Gasteiger partial charge in [-0.15, -0.1) is 5.10 Å². The van der Waals surface area contributed by atoms with Crippen LogP contribution in [0, 0.1) is 4.84 Å². The maximum Gasteiger partial charge on any atom is 0.292 e. The highest BCUT2D eigenvalue weighted by atomic mass is 79.9. The third kappa shape index (κ3) is 3.91. The minimum Gasteiger partial charge on any atom is -0.496 e. The second kappa shape index (κ2) is 7.94. The molecular weight excluding hydrogens is 446 g/mol. The van der Waals surface area contributed by atoms with Gasteiger partial charge in [0.2, 0.25) is 12.7 Å². The molecule has 7 nitrogen and oxygen atoms in total. The number of aromatic nitrogens is 2. The van der Waals surface area contributed by atoms with E-state index in [0.29, 0.717) is 28.9 Å². The molecule has 146 valence electrons. The van der Waals surface area contributed by atoms with Crippen LogP contribution in [0.5, 0.6) is 17.2 Å². The van der Waals surface area contributed by atoms with E-state index in [2.05, 4.69) is 34.1 Å². The van der Waals surface area contributed by atoms with Crippen LogP contribution >= 0.6 is 28.1 Å². The summed E-state index contributed by atoms with van der Waals surface area (Å²) >= 11 is 8.87. The highest BCUT2D eigenvalue weighted by Gasteiger charge is 2.18. The van der Waals surface area contributed by atoms with Crippen molar-refractivity contribution in [2.75, 3.05) is 21.0 Å². The number of benzene rings is 2. The molecule has 0 radical (unpaired) electrons. The molecule has 0 amide bonds. The largest absolute Gasteiger partial charge is 0.496 e. The monoisotopic (exact) mass is 464 g/mol. The number of nitrogens with one attached hydrogen (secondary N) is 1. The summed E-state index contributed by atoms with van der Waals surface area (Å²) in [6.45, 7) is 1.53. The van der Waals surface area contributed by atoms with E-state index < -0.39 is 0 Å². The molecule has 2 heterocycles. The highest BCUT2D eigenvalue weighted by Crippen LogP contribution is 2.35. The van der Waals surface area contributed by atoms with Gasteiger partial charge in [-0.05, 0) is 48.6 Å². The van der Waals surface area contributed by atoms with Crippen molar-refractivity contribution < 1.29 is 23.5 Å². The van der Waals surface area contributed by atoms with Gasteiger partial charge in [-0.25, -0.2) is 0 Å². The van der Waals surface area contributed by atoms with Gasteiger partial charge < -0.3 is 23.5 Å². The molecule has 1 aliphatic rings. The number of hydrogen-bond acceptors (Lipinski definition) is 6. The van der Waals surface area contributed by atoms with Crippen LogP contribution < -0.4 is 19.1 Å². The lowest BCUT2D eigenvalue weighted by atomic mass is 10.2. The third-order valence-corrected chi connectivity index (χ3v) is 5.17. The van der Waals surface area contributed by atoms with Crippen LogP contribution in [0.4, 0.5) is 0 Å². The van der Waals surface area contributed by atoms with Crippen LogP contribution in [0.1, 0.15) is 5.56 Å². The molecule has 9 heteroatoms. The van der Waals surface area contributed by atoms with Crippen LogP contribution in [0.15, 0.2) is 45.3 Å². The Morgan fingerprint density at radius 1 is 1.21 bits per heavy atom. The predicted molar refractivity (Wildman–Crippen MR) is 108 cm³/mol. The van der Waals surface area contributed by atoms with Crippen molar-refractivity contribution in [3.63, 3.8) is 0 Å². The first kappa shape index (κ1) is 19.0. The zero-order chi connectivity index (χ0) is 19.7. The molecule has 0 fully saturated rings. The Kier molecular flexibility index (Phi) is 5.38. The van der Waals surface area contributed by atoms with Crippen LogP contribution in [0.25, 0.3) is 11.5 Å². The van der Waals surface area contributed by atoms with Gasteiger partial charge in [0.25, 0.3) is 4.84 Å². The quantitative estimate of drug-likeness (QED) is 0.565. The van der Waals surface area contributed by atoms with Crippen LogP contribution in [0.3, 0.4) is 0 Å². The topological polar surface area (TPSA) is 63.1 Å². The second-order valence-corrected chi connectivity index (χ2v) is 7.75. The molecule has 28 heavy (non-hydrogen) atoms. The van der Waals surface area contributed by atoms with Crippen LogP contribution in [0.2, 0.25) is 0 Å². The Hall–Kier alpha value is -2.36. The van der Waals surface area contributed by atoms with E-state index in [1.165, 1.54) is 4.90 Å². The first-order valence-electron chi connectivity index (χ1n) is 8.65. The summed E-state index contributed by atoms with van der Waals surface area (Å²) in [4.78, 5) is 1.51. The number of fused-ring (bicyclic) bond motifs is 1. The average molecular weight is 465 g/mol. The Bertz CT molecular complexity index is 1070. The van der Waals surface area contributed by atoms with E-state index in [1.54, 1.807) is 11.8 Å². The van der Waals surface area contributed by atoms with Crippen LogP contribution in [-0.2, 0) is 13.2 Å². The molecule has 0 aliphatic carbocycles. The molecule has 2 aromatic carbocycles. The molecule has 0 spiro atoms. The lowest BCUT2D eigenvalue weighted by molar-refractivity contribution is -0.917. The summed E-state index contributed by atoms with van der Waals surface area (Å²) in [7, 11) is 3.74. The van der Waals surface area contributed by atoms with Crippen molar-refractivity contribution in [3.05, 3.63) is 51.3 Å².